The molecule has 0 aliphatic carbocycles. The molecule has 3 nitrogen and oxygen atoms in total. The van der Waals surface area contributed by atoms with E-state index in [0.717, 1.165) is 0 Å². The Hall–Kier alpha value is -1.13. The predicted octanol–water partition coefficient (Wildman–Crippen LogP) is 2.47. The summed E-state index contributed by atoms with van der Waals surface area (Å²) in [6.45, 7) is 3.15. The number of halogens is 2. The molecule has 0 aliphatic heterocycles. The third-order valence-corrected chi connectivity index (χ3v) is 2.80. The summed E-state index contributed by atoms with van der Waals surface area (Å²) in [5, 5.41) is 0.495. The number of nitrogens with zero attached hydrogens (tertiary/aromatic N) is 1. The summed E-state index contributed by atoms with van der Waals surface area (Å²) in [5.74, 6) is -0.655. The molecule has 0 radical (unpaired) electrons. The van der Waals surface area contributed by atoms with E-state index >= 15 is 0 Å². The lowest BCUT2D eigenvalue weighted by Crippen LogP contribution is -2.30. The van der Waals surface area contributed by atoms with E-state index in [-0.39, 0.29) is 18.3 Å². The summed E-state index contributed by atoms with van der Waals surface area (Å²) in [7, 11) is 1.34. The van der Waals surface area contributed by atoms with Crippen molar-refractivity contribution in [2.45, 2.75) is 13.5 Å². The molecule has 0 heterocycles. The number of carbonyl (C=O) groups excluding carboxylic acids is 1. The van der Waals surface area contributed by atoms with Gasteiger partial charge in [-0.05, 0) is 30.3 Å². The standard InChI is InChI=1S/C12H15ClFNO2/c1-3-15(8-12(16)17-2)7-9-6-10(14)4-5-11(9)13/h4-6H,3,7-8H2,1-2H3. The van der Waals surface area contributed by atoms with Gasteiger partial charge in [-0.25, -0.2) is 4.39 Å². The minimum Gasteiger partial charge on any atom is -0.468 e. The number of hydrogen-bond acceptors (Lipinski definition) is 3. The van der Waals surface area contributed by atoms with Crippen LogP contribution in [0.25, 0.3) is 0 Å². The van der Waals surface area contributed by atoms with Gasteiger partial charge in [0.25, 0.3) is 0 Å². The van der Waals surface area contributed by atoms with Crippen LogP contribution in [0.4, 0.5) is 4.39 Å². The van der Waals surface area contributed by atoms with Crippen LogP contribution in [0.1, 0.15) is 12.5 Å². The van der Waals surface area contributed by atoms with Crippen molar-refractivity contribution in [1.29, 1.82) is 0 Å². The first-order valence-electron chi connectivity index (χ1n) is 5.30. The first kappa shape index (κ1) is 13.9. The lowest BCUT2D eigenvalue weighted by molar-refractivity contribution is -0.142. The molecule has 0 fully saturated rings. The van der Waals surface area contributed by atoms with Gasteiger partial charge in [-0.15, -0.1) is 0 Å². The molecule has 1 rings (SSSR count). The third-order valence-electron chi connectivity index (χ3n) is 2.43. The number of rotatable bonds is 5. The molecule has 0 spiro atoms. The average molecular weight is 260 g/mol. The molecule has 94 valence electrons. The van der Waals surface area contributed by atoms with Gasteiger partial charge < -0.3 is 4.74 Å². The SMILES string of the molecule is CCN(CC(=O)OC)Cc1cc(F)ccc1Cl. The van der Waals surface area contributed by atoms with Crippen molar-refractivity contribution in [2.75, 3.05) is 20.2 Å². The molecule has 0 aromatic heterocycles. The highest BCUT2D eigenvalue weighted by atomic mass is 35.5. The van der Waals surface area contributed by atoms with Crippen molar-refractivity contribution in [3.63, 3.8) is 0 Å². The zero-order chi connectivity index (χ0) is 12.8. The number of likely N-dealkylation sites (N-methyl/N-ethyl adjacent to an activating group) is 1. The van der Waals surface area contributed by atoms with Crippen LogP contribution >= 0.6 is 11.6 Å². The Morgan fingerprint density at radius 1 is 1.53 bits per heavy atom. The maximum atomic E-state index is 13.1. The number of carbonyl (C=O) groups is 1. The quantitative estimate of drug-likeness (QED) is 0.761. The second-order valence-corrected chi connectivity index (χ2v) is 4.02. The molecule has 0 saturated carbocycles. The molecule has 0 saturated heterocycles. The van der Waals surface area contributed by atoms with Crippen molar-refractivity contribution in [3.8, 4) is 0 Å². The van der Waals surface area contributed by atoms with Gasteiger partial charge in [0, 0.05) is 11.6 Å². The van der Waals surface area contributed by atoms with E-state index in [1.165, 1.54) is 25.3 Å². The topological polar surface area (TPSA) is 29.5 Å². The van der Waals surface area contributed by atoms with Gasteiger partial charge in [0.1, 0.15) is 5.82 Å². The Kier molecular flexibility index (Phi) is 5.38. The van der Waals surface area contributed by atoms with Crippen molar-refractivity contribution in [2.24, 2.45) is 0 Å². The fraction of sp³-hybridized carbons (Fsp3) is 0.417. The minimum atomic E-state index is -0.335. The van der Waals surface area contributed by atoms with Gasteiger partial charge in [0.05, 0.1) is 13.7 Å². The van der Waals surface area contributed by atoms with E-state index in [4.69, 9.17) is 11.6 Å². The fourth-order valence-electron chi connectivity index (χ4n) is 1.43. The molecule has 17 heavy (non-hydrogen) atoms. The molecule has 0 N–H and O–H groups in total. The molecule has 5 heteroatoms. The summed E-state index contributed by atoms with van der Waals surface area (Å²) in [4.78, 5) is 13.0. The fourth-order valence-corrected chi connectivity index (χ4v) is 1.61. The van der Waals surface area contributed by atoms with Gasteiger partial charge in [-0.2, -0.15) is 0 Å². The number of hydrogen-bond donors (Lipinski definition) is 0. The van der Waals surface area contributed by atoms with Crippen molar-refractivity contribution < 1.29 is 13.9 Å². The summed E-state index contributed by atoms with van der Waals surface area (Å²) >= 11 is 5.96. The second kappa shape index (κ2) is 6.57. The van der Waals surface area contributed by atoms with Gasteiger partial charge in [0.15, 0.2) is 0 Å². The molecule has 0 aliphatic rings. The normalized spacial score (nSPS) is 10.6. The lowest BCUT2D eigenvalue weighted by atomic mass is 10.2. The average Bonchev–Trinajstić information content (AvgIpc) is 2.32. The Labute approximate surface area is 105 Å². The maximum absolute atomic E-state index is 13.1. The second-order valence-electron chi connectivity index (χ2n) is 3.62. The first-order valence-corrected chi connectivity index (χ1v) is 5.67. The van der Waals surface area contributed by atoms with Crippen LogP contribution in [-0.2, 0) is 16.1 Å². The largest absolute Gasteiger partial charge is 0.468 e. The Morgan fingerprint density at radius 3 is 2.82 bits per heavy atom. The van der Waals surface area contributed by atoms with E-state index in [2.05, 4.69) is 4.74 Å². The van der Waals surface area contributed by atoms with Crippen LogP contribution in [0.15, 0.2) is 18.2 Å². The number of ether oxygens (including phenoxy) is 1. The third kappa shape index (κ3) is 4.32. The first-order chi connectivity index (χ1) is 8.06. The van der Waals surface area contributed by atoms with Gasteiger partial charge in [-0.3, -0.25) is 9.69 Å². The van der Waals surface area contributed by atoms with Gasteiger partial charge in [-0.1, -0.05) is 18.5 Å². The number of benzene rings is 1. The highest BCUT2D eigenvalue weighted by Gasteiger charge is 2.12. The predicted molar refractivity (Wildman–Crippen MR) is 64.4 cm³/mol. The highest BCUT2D eigenvalue weighted by molar-refractivity contribution is 6.31. The molecule has 0 amide bonds. The van der Waals surface area contributed by atoms with E-state index in [1.807, 2.05) is 11.8 Å². The monoisotopic (exact) mass is 259 g/mol. The van der Waals surface area contributed by atoms with Crippen LogP contribution in [-0.4, -0.2) is 31.1 Å². The molecule has 0 unspecified atom stereocenters. The van der Waals surface area contributed by atoms with Gasteiger partial charge >= 0.3 is 5.97 Å². The van der Waals surface area contributed by atoms with Crippen LogP contribution in [0.5, 0.6) is 0 Å². The van der Waals surface area contributed by atoms with Gasteiger partial charge in [0.2, 0.25) is 0 Å². The summed E-state index contributed by atoms with van der Waals surface area (Å²) in [6.07, 6.45) is 0. The van der Waals surface area contributed by atoms with Crippen LogP contribution < -0.4 is 0 Å². The highest BCUT2D eigenvalue weighted by Crippen LogP contribution is 2.18. The summed E-state index contributed by atoms with van der Waals surface area (Å²) in [6, 6.07) is 4.20. The van der Waals surface area contributed by atoms with Crippen molar-refractivity contribution in [3.05, 3.63) is 34.6 Å². The lowest BCUT2D eigenvalue weighted by Gasteiger charge is -2.19. The maximum Gasteiger partial charge on any atom is 0.319 e. The zero-order valence-corrected chi connectivity index (χ0v) is 10.6. The summed E-state index contributed by atoms with van der Waals surface area (Å²) in [5.41, 5.74) is 0.664. The zero-order valence-electron chi connectivity index (χ0n) is 9.87. The number of esters is 1. The minimum absolute atomic E-state index is 0.167. The Morgan fingerprint density at radius 2 is 2.24 bits per heavy atom. The molecule has 0 bridgehead atoms. The molecular weight excluding hydrogens is 245 g/mol. The van der Waals surface area contributed by atoms with Crippen LogP contribution in [0.2, 0.25) is 5.02 Å². The van der Waals surface area contributed by atoms with E-state index in [0.29, 0.717) is 23.7 Å². The molecular formula is C12H15ClFNO2. The van der Waals surface area contributed by atoms with Crippen LogP contribution in [0.3, 0.4) is 0 Å². The van der Waals surface area contributed by atoms with Crippen molar-refractivity contribution in [1.82, 2.24) is 4.90 Å². The van der Waals surface area contributed by atoms with Crippen molar-refractivity contribution >= 4 is 17.6 Å². The Balaban J connectivity index is 2.73. The van der Waals surface area contributed by atoms with Crippen LogP contribution in [0, 0.1) is 5.82 Å². The number of methoxy groups -OCH3 is 1. The van der Waals surface area contributed by atoms with E-state index < -0.39 is 0 Å². The molecule has 1 aromatic rings. The smallest absolute Gasteiger partial charge is 0.319 e. The summed E-state index contributed by atoms with van der Waals surface area (Å²) < 4.78 is 17.6. The van der Waals surface area contributed by atoms with E-state index in [1.54, 1.807) is 0 Å². The molecule has 1 aromatic carbocycles. The Bertz CT molecular complexity index is 398. The van der Waals surface area contributed by atoms with E-state index in [9.17, 15) is 9.18 Å². The molecule has 0 atom stereocenters.